The number of hydrogen-bond acceptors (Lipinski definition) is 1. The molecule has 2 heteroatoms. The minimum atomic E-state index is -0.214. The van der Waals surface area contributed by atoms with Gasteiger partial charge in [-0.1, -0.05) is 48.5 Å². The molecule has 0 bridgehead atoms. The van der Waals surface area contributed by atoms with Gasteiger partial charge in [0.2, 0.25) is 0 Å². The van der Waals surface area contributed by atoms with Crippen LogP contribution in [0.2, 0.25) is 0 Å². The fraction of sp³-hybridized carbons (Fsp3) is 0.158. The van der Waals surface area contributed by atoms with Crippen LogP contribution in [0.3, 0.4) is 0 Å². The van der Waals surface area contributed by atoms with E-state index < -0.39 is 0 Å². The van der Waals surface area contributed by atoms with Gasteiger partial charge in [0.25, 0.3) is 0 Å². The van der Waals surface area contributed by atoms with Crippen LogP contribution in [0.25, 0.3) is 10.8 Å². The first kappa shape index (κ1) is 13.8. The molecule has 0 aromatic heterocycles. The maximum atomic E-state index is 13.2. The van der Waals surface area contributed by atoms with E-state index >= 15 is 0 Å². The van der Waals surface area contributed by atoms with Crippen LogP contribution in [0.1, 0.15) is 22.7 Å². The van der Waals surface area contributed by atoms with E-state index in [0.717, 1.165) is 17.5 Å². The second kappa shape index (κ2) is 5.66. The Bertz CT molecular complexity index is 779. The lowest BCUT2D eigenvalue weighted by molar-refractivity contribution is 0.622. The fourth-order valence-electron chi connectivity index (χ4n) is 2.78. The summed E-state index contributed by atoms with van der Waals surface area (Å²) in [7, 11) is 0. The molecule has 0 saturated carbocycles. The van der Waals surface area contributed by atoms with Gasteiger partial charge in [0, 0.05) is 6.04 Å². The fourth-order valence-corrected chi connectivity index (χ4v) is 2.78. The van der Waals surface area contributed by atoms with E-state index in [2.05, 4.69) is 30.3 Å². The molecule has 3 aromatic carbocycles. The van der Waals surface area contributed by atoms with Crippen LogP contribution >= 0.6 is 0 Å². The Labute approximate surface area is 124 Å². The summed E-state index contributed by atoms with van der Waals surface area (Å²) in [5.74, 6) is -0.214. The minimum Gasteiger partial charge on any atom is -0.324 e. The first-order valence-corrected chi connectivity index (χ1v) is 7.13. The van der Waals surface area contributed by atoms with Crippen molar-refractivity contribution >= 4 is 10.8 Å². The summed E-state index contributed by atoms with van der Waals surface area (Å²) in [6.07, 6.45) is 0.747. The maximum absolute atomic E-state index is 13.2. The summed E-state index contributed by atoms with van der Waals surface area (Å²) in [4.78, 5) is 0. The summed E-state index contributed by atoms with van der Waals surface area (Å²) >= 11 is 0. The predicted octanol–water partition coefficient (Wildman–Crippen LogP) is 4.53. The number of nitrogens with two attached hydrogens (primary N) is 1. The Kier molecular flexibility index (Phi) is 3.72. The monoisotopic (exact) mass is 279 g/mol. The molecule has 21 heavy (non-hydrogen) atoms. The van der Waals surface area contributed by atoms with Crippen LogP contribution in [0.5, 0.6) is 0 Å². The van der Waals surface area contributed by atoms with E-state index in [9.17, 15) is 4.39 Å². The summed E-state index contributed by atoms with van der Waals surface area (Å²) < 4.78 is 13.2. The quantitative estimate of drug-likeness (QED) is 0.749. The first-order chi connectivity index (χ1) is 10.1. The molecule has 1 atom stereocenters. The molecule has 0 aliphatic heterocycles. The first-order valence-electron chi connectivity index (χ1n) is 7.13. The molecule has 1 unspecified atom stereocenters. The molecule has 0 fully saturated rings. The molecule has 0 saturated heterocycles. The van der Waals surface area contributed by atoms with Crippen molar-refractivity contribution in [1.82, 2.24) is 0 Å². The maximum Gasteiger partial charge on any atom is 0.123 e. The average molecular weight is 279 g/mol. The molecule has 1 nitrogen and oxygen atoms in total. The van der Waals surface area contributed by atoms with Gasteiger partial charge in [0.05, 0.1) is 0 Å². The molecule has 0 heterocycles. The van der Waals surface area contributed by atoms with Crippen molar-refractivity contribution in [3.63, 3.8) is 0 Å². The number of halogens is 1. The lowest BCUT2D eigenvalue weighted by Gasteiger charge is -2.15. The predicted molar refractivity (Wildman–Crippen MR) is 85.7 cm³/mol. The zero-order valence-corrected chi connectivity index (χ0v) is 12.0. The number of aryl methyl sites for hydroxylation is 1. The largest absolute Gasteiger partial charge is 0.324 e. The third-order valence-electron chi connectivity index (χ3n) is 3.90. The van der Waals surface area contributed by atoms with Crippen molar-refractivity contribution in [2.75, 3.05) is 0 Å². The zero-order chi connectivity index (χ0) is 14.8. The topological polar surface area (TPSA) is 26.0 Å². The van der Waals surface area contributed by atoms with Crippen LogP contribution in [0.4, 0.5) is 4.39 Å². The van der Waals surface area contributed by atoms with Gasteiger partial charge in [0.1, 0.15) is 5.82 Å². The van der Waals surface area contributed by atoms with Crippen LogP contribution in [0, 0.1) is 12.7 Å². The standard InChI is InChI=1S/C19H18FN/c1-13-10-17(20)8-9-18(13)19(21)12-14-6-7-15-4-2-3-5-16(15)11-14/h2-11,19H,12,21H2,1H3. The minimum absolute atomic E-state index is 0.119. The van der Waals surface area contributed by atoms with Gasteiger partial charge in [-0.05, 0) is 52.9 Å². The second-order valence-corrected chi connectivity index (χ2v) is 5.49. The van der Waals surface area contributed by atoms with E-state index in [1.807, 2.05) is 19.1 Å². The highest BCUT2D eigenvalue weighted by Gasteiger charge is 2.10. The Hall–Kier alpha value is -2.19. The normalized spacial score (nSPS) is 12.5. The van der Waals surface area contributed by atoms with Gasteiger partial charge in [-0.15, -0.1) is 0 Å². The molecule has 0 spiro atoms. The molecule has 3 rings (SSSR count). The lowest BCUT2D eigenvalue weighted by atomic mass is 9.95. The zero-order valence-electron chi connectivity index (χ0n) is 12.0. The highest BCUT2D eigenvalue weighted by molar-refractivity contribution is 5.83. The van der Waals surface area contributed by atoms with Gasteiger partial charge in [-0.3, -0.25) is 0 Å². The summed E-state index contributed by atoms with van der Waals surface area (Å²) in [6, 6.07) is 19.4. The number of hydrogen-bond donors (Lipinski definition) is 1. The Balaban J connectivity index is 1.87. The van der Waals surface area contributed by atoms with Gasteiger partial charge in [0.15, 0.2) is 0 Å². The van der Waals surface area contributed by atoms with Crippen molar-refractivity contribution in [2.24, 2.45) is 5.73 Å². The molecule has 106 valence electrons. The van der Waals surface area contributed by atoms with Crippen LogP contribution < -0.4 is 5.73 Å². The Morgan fingerprint density at radius 3 is 2.48 bits per heavy atom. The van der Waals surface area contributed by atoms with Gasteiger partial charge < -0.3 is 5.73 Å². The Morgan fingerprint density at radius 2 is 1.71 bits per heavy atom. The van der Waals surface area contributed by atoms with Crippen LogP contribution in [0.15, 0.2) is 60.7 Å². The molecule has 0 aliphatic carbocycles. The van der Waals surface area contributed by atoms with E-state index in [1.165, 1.54) is 28.5 Å². The Morgan fingerprint density at radius 1 is 0.952 bits per heavy atom. The molecule has 0 aliphatic rings. The number of benzene rings is 3. The molecule has 0 radical (unpaired) electrons. The van der Waals surface area contributed by atoms with E-state index in [0.29, 0.717) is 0 Å². The summed E-state index contributed by atoms with van der Waals surface area (Å²) in [6.45, 7) is 1.90. The van der Waals surface area contributed by atoms with Crippen molar-refractivity contribution in [2.45, 2.75) is 19.4 Å². The smallest absolute Gasteiger partial charge is 0.123 e. The van der Waals surface area contributed by atoms with Crippen molar-refractivity contribution < 1.29 is 4.39 Å². The second-order valence-electron chi connectivity index (χ2n) is 5.49. The number of rotatable bonds is 3. The van der Waals surface area contributed by atoms with E-state index in [1.54, 1.807) is 6.07 Å². The van der Waals surface area contributed by atoms with Gasteiger partial charge in [-0.25, -0.2) is 4.39 Å². The van der Waals surface area contributed by atoms with Crippen LogP contribution in [-0.2, 0) is 6.42 Å². The molecule has 2 N–H and O–H groups in total. The van der Waals surface area contributed by atoms with Crippen molar-refractivity contribution in [1.29, 1.82) is 0 Å². The van der Waals surface area contributed by atoms with Gasteiger partial charge >= 0.3 is 0 Å². The summed E-state index contributed by atoms with van der Waals surface area (Å²) in [5.41, 5.74) is 9.41. The molecule has 3 aromatic rings. The van der Waals surface area contributed by atoms with Crippen molar-refractivity contribution in [3.05, 3.63) is 83.2 Å². The summed E-state index contributed by atoms with van der Waals surface area (Å²) in [5, 5.41) is 2.45. The number of fused-ring (bicyclic) bond motifs is 1. The van der Waals surface area contributed by atoms with E-state index in [4.69, 9.17) is 5.73 Å². The molecule has 0 amide bonds. The SMILES string of the molecule is Cc1cc(F)ccc1C(N)Cc1ccc2ccccc2c1. The average Bonchev–Trinajstić information content (AvgIpc) is 2.47. The highest BCUT2D eigenvalue weighted by Crippen LogP contribution is 2.23. The van der Waals surface area contributed by atoms with Crippen molar-refractivity contribution in [3.8, 4) is 0 Å². The molecular formula is C19H18FN. The highest BCUT2D eigenvalue weighted by atomic mass is 19.1. The van der Waals surface area contributed by atoms with E-state index in [-0.39, 0.29) is 11.9 Å². The third kappa shape index (κ3) is 2.96. The van der Waals surface area contributed by atoms with Crippen LogP contribution in [-0.4, -0.2) is 0 Å². The third-order valence-corrected chi connectivity index (χ3v) is 3.90. The lowest BCUT2D eigenvalue weighted by Crippen LogP contribution is -2.14. The van der Waals surface area contributed by atoms with Gasteiger partial charge in [-0.2, -0.15) is 0 Å². The molecular weight excluding hydrogens is 261 g/mol.